The lowest BCUT2D eigenvalue weighted by Crippen LogP contribution is -2.43. The number of aromatic nitrogens is 2. The number of amides is 1. The maximum absolute atomic E-state index is 13.7. The van der Waals surface area contributed by atoms with Crippen LogP contribution < -0.4 is 16.1 Å². The van der Waals surface area contributed by atoms with Gasteiger partial charge in [0.1, 0.15) is 17.6 Å². The van der Waals surface area contributed by atoms with E-state index in [1.807, 2.05) is 66.7 Å². The minimum atomic E-state index is -0.509. The van der Waals surface area contributed by atoms with Crippen molar-refractivity contribution < 1.29 is 9.21 Å². The predicted molar refractivity (Wildman–Crippen MR) is 135 cm³/mol. The molecule has 0 atom stereocenters. The number of anilines is 1. The molecule has 2 aromatic heterocycles. The smallest absolute Gasteiger partial charge is 0.332 e. The number of rotatable bonds is 5. The van der Waals surface area contributed by atoms with Crippen LogP contribution in [0, 0.1) is 0 Å². The Kier molecular flexibility index (Phi) is 5.10. The molecule has 174 valence electrons. The minimum absolute atomic E-state index is 0.0912. The summed E-state index contributed by atoms with van der Waals surface area (Å²) in [6.45, 7) is 0.573. The summed E-state index contributed by atoms with van der Waals surface area (Å²) in [7, 11) is 0. The molecule has 0 radical (unpaired) electrons. The zero-order valence-electron chi connectivity index (χ0n) is 19.0. The summed E-state index contributed by atoms with van der Waals surface area (Å²) >= 11 is 0. The molecule has 35 heavy (non-hydrogen) atoms. The normalized spacial score (nSPS) is 13.0. The van der Waals surface area contributed by atoms with E-state index >= 15 is 0 Å². The molecule has 0 unspecified atom stereocenters. The number of carbonyl (C=O) groups excluding carboxylic acids is 1. The van der Waals surface area contributed by atoms with E-state index in [1.165, 1.54) is 9.13 Å². The van der Waals surface area contributed by atoms with Crippen LogP contribution in [0.25, 0.3) is 22.1 Å². The summed E-state index contributed by atoms with van der Waals surface area (Å²) in [6, 6.07) is 24.7. The van der Waals surface area contributed by atoms with Gasteiger partial charge in [-0.3, -0.25) is 18.7 Å². The summed E-state index contributed by atoms with van der Waals surface area (Å²) in [5.74, 6) is -0.197. The van der Waals surface area contributed by atoms with Gasteiger partial charge in [0.25, 0.3) is 5.56 Å². The molecule has 7 nitrogen and oxygen atoms in total. The fourth-order valence-electron chi connectivity index (χ4n) is 4.94. The molecule has 1 aliphatic heterocycles. The molecule has 1 aliphatic rings. The van der Waals surface area contributed by atoms with Crippen molar-refractivity contribution in [1.82, 2.24) is 9.13 Å². The fraction of sp³-hybridized carbons (Fsp3) is 0.179. The van der Waals surface area contributed by atoms with Crippen LogP contribution in [0.4, 0.5) is 5.69 Å². The zero-order valence-corrected chi connectivity index (χ0v) is 19.0. The number of carbonyl (C=O) groups is 1. The molecule has 0 bridgehead atoms. The van der Waals surface area contributed by atoms with Crippen LogP contribution in [0.5, 0.6) is 0 Å². The molecule has 0 spiro atoms. The number of hydrogen-bond donors (Lipinski definition) is 0. The lowest BCUT2D eigenvalue weighted by atomic mass is 10.1. The number of nitrogens with zero attached hydrogens (tertiary/aromatic N) is 3. The first-order valence-electron chi connectivity index (χ1n) is 11.7. The average Bonchev–Trinajstić information content (AvgIpc) is 3.49. The Morgan fingerprint density at radius 2 is 1.60 bits per heavy atom. The van der Waals surface area contributed by atoms with Gasteiger partial charge in [-0.2, -0.15) is 0 Å². The number of benzene rings is 3. The highest BCUT2D eigenvalue weighted by Gasteiger charge is 2.27. The molecule has 0 fully saturated rings. The van der Waals surface area contributed by atoms with Gasteiger partial charge in [0, 0.05) is 24.2 Å². The van der Waals surface area contributed by atoms with Crippen LogP contribution in [0.2, 0.25) is 0 Å². The average molecular weight is 466 g/mol. The van der Waals surface area contributed by atoms with Gasteiger partial charge in [-0.1, -0.05) is 60.7 Å². The van der Waals surface area contributed by atoms with E-state index < -0.39 is 11.2 Å². The first-order chi connectivity index (χ1) is 17.1. The van der Waals surface area contributed by atoms with E-state index in [1.54, 1.807) is 17.0 Å². The largest absolute Gasteiger partial charge is 0.449 e. The van der Waals surface area contributed by atoms with E-state index in [9.17, 15) is 14.4 Å². The van der Waals surface area contributed by atoms with Gasteiger partial charge in [-0.05, 0) is 42.2 Å². The molecule has 0 aliphatic carbocycles. The second-order valence-corrected chi connectivity index (χ2v) is 8.76. The summed E-state index contributed by atoms with van der Waals surface area (Å²) in [5.41, 5.74) is 2.97. The van der Waals surface area contributed by atoms with E-state index in [-0.39, 0.29) is 24.6 Å². The molecule has 0 saturated heterocycles. The van der Waals surface area contributed by atoms with Gasteiger partial charge in [0.05, 0.1) is 0 Å². The van der Waals surface area contributed by atoms with Crippen molar-refractivity contribution in [3.63, 3.8) is 0 Å². The summed E-state index contributed by atoms with van der Waals surface area (Å²) < 4.78 is 8.50. The number of aryl methyl sites for hydroxylation is 1. The van der Waals surface area contributed by atoms with Gasteiger partial charge in [0.2, 0.25) is 11.5 Å². The second-order valence-electron chi connectivity index (χ2n) is 8.76. The van der Waals surface area contributed by atoms with Gasteiger partial charge < -0.3 is 9.32 Å². The quantitative estimate of drug-likeness (QED) is 0.396. The Bertz CT molecular complexity index is 1700. The molecular weight excluding hydrogens is 442 g/mol. The molecule has 0 N–H and O–H groups in total. The lowest BCUT2D eigenvalue weighted by Gasteiger charge is -2.19. The number of hydrogen-bond acceptors (Lipinski definition) is 4. The zero-order chi connectivity index (χ0) is 23.9. The molecule has 0 saturated carbocycles. The highest BCUT2D eigenvalue weighted by molar-refractivity contribution is 6.03. The number of furan rings is 1. The standard InChI is InChI=1S/C28H23N3O4/c32-24(29-17-15-20-10-4-6-12-22(20)29)18-31-25-21-11-5-7-13-23(21)35-26(25)27(33)30(28(31)34)16-14-19-8-2-1-3-9-19/h1-13H,14-18H2. The molecule has 3 aromatic carbocycles. The Labute approximate surface area is 200 Å². The van der Waals surface area contributed by atoms with Crippen molar-refractivity contribution in [3.05, 3.63) is 111 Å². The van der Waals surface area contributed by atoms with Crippen LogP contribution in [0.1, 0.15) is 11.1 Å². The van der Waals surface area contributed by atoms with Crippen molar-refractivity contribution in [3.8, 4) is 0 Å². The SMILES string of the molecule is O=C(Cn1c(=O)n(CCc2ccccc2)c(=O)c2oc3ccccc3c21)N1CCc2ccccc21. The van der Waals surface area contributed by atoms with Gasteiger partial charge in [-0.15, -0.1) is 0 Å². The Morgan fingerprint density at radius 1 is 0.857 bits per heavy atom. The highest BCUT2D eigenvalue weighted by Crippen LogP contribution is 2.29. The molecule has 5 aromatic rings. The predicted octanol–water partition coefficient (Wildman–Crippen LogP) is 3.74. The van der Waals surface area contributed by atoms with Crippen LogP contribution in [-0.4, -0.2) is 21.6 Å². The highest BCUT2D eigenvalue weighted by atomic mass is 16.3. The van der Waals surface area contributed by atoms with Crippen LogP contribution >= 0.6 is 0 Å². The van der Waals surface area contributed by atoms with Crippen molar-refractivity contribution in [2.45, 2.75) is 25.9 Å². The van der Waals surface area contributed by atoms with Crippen molar-refractivity contribution in [2.75, 3.05) is 11.4 Å². The molecule has 1 amide bonds. The van der Waals surface area contributed by atoms with Gasteiger partial charge >= 0.3 is 5.69 Å². The Balaban J connectivity index is 1.47. The lowest BCUT2D eigenvalue weighted by molar-refractivity contribution is -0.119. The van der Waals surface area contributed by atoms with E-state index in [2.05, 4.69) is 0 Å². The molecular formula is C28H23N3O4. The minimum Gasteiger partial charge on any atom is -0.449 e. The third-order valence-electron chi connectivity index (χ3n) is 6.69. The summed E-state index contributed by atoms with van der Waals surface area (Å²) in [4.78, 5) is 42.2. The number of para-hydroxylation sites is 2. The molecule has 7 heteroatoms. The Hall–Kier alpha value is -4.39. The van der Waals surface area contributed by atoms with E-state index in [4.69, 9.17) is 4.42 Å². The van der Waals surface area contributed by atoms with Crippen LogP contribution in [0.15, 0.2) is 92.9 Å². The maximum atomic E-state index is 13.7. The third kappa shape index (κ3) is 3.56. The van der Waals surface area contributed by atoms with Crippen LogP contribution in [0.3, 0.4) is 0 Å². The molecule has 3 heterocycles. The number of fused-ring (bicyclic) bond motifs is 4. The second kappa shape index (κ2) is 8.43. The maximum Gasteiger partial charge on any atom is 0.332 e. The van der Waals surface area contributed by atoms with Gasteiger partial charge in [0.15, 0.2) is 0 Å². The fourth-order valence-corrected chi connectivity index (χ4v) is 4.94. The van der Waals surface area contributed by atoms with Crippen LogP contribution in [-0.2, 0) is 30.7 Å². The van der Waals surface area contributed by atoms with Crippen molar-refractivity contribution >= 4 is 33.7 Å². The molecule has 6 rings (SSSR count). The van der Waals surface area contributed by atoms with E-state index in [0.717, 1.165) is 23.2 Å². The third-order valence-corrected chi connectivity index (χ3v) is 6.69. The summed E-state index contributed by atoms with van der Waals surface area (Å²) in [5, 5.41) is 0.640. The van der Waals surface area contributed by atoms with Crippen molar-refractivity contribution in [2.24, 2.45) is 0 Å². The first-order valence-corrected chi connectivity index (χ1v) is 11.7. The van der Waals surface area contributed by atoms with Gasteiger partial charge in [-0.25, -0.2) is 4.79 Å². The Morgan fingerprint density at radius 3 is 2.46 bits per heavy atom. The van der Waals surface area contributed by atoms with E-state index in [0.29, 0.717) is 29.5 Å². The first kappa shape index (κ1) is 21.2. The van der Waals surface area contributed by atoms with Crippen molar-refractivity contribution in [1.29, 1.82) is 0 Å². The topological polar surface area (TPSA) is 77.5 Å². The summed E-state index contributed by atoms with van der Waals surface area (Å²) in [6.07, 6.45) is 1.28. The monoisotopic (exact) mass is 465 g/mol.